The van der Waals surface area contributed by atoms with E-state index >= 15 is 0 Å². The van der Waals surface area contributed by atoms with Gasteiger partial charge in [0.25, 0.3) is 5.91 Å². The third kappa shape index (κ3) is 3.79. The molecule has 5 nitrogen and oxygen atoms in total. The summed E-state index contributed by atoms with van der Waals surface area (Å²) in [7, 11) is 0. The van der Waals surface area contributed by atoms with E-state index in [1.54, 1.807) is 23.5 Å². The van der Waals surface area contributed by atoms with Crippen LogP contribution in [0.4, 0.5) is 5.82 Å². The molecule has 0 fully saturated rings. The molecule has 0 spiro atoms. The fourth-order valence-electron chi connectivity index (χ4n) is 1.87. The molecule has 0 aliphatic rings. The second-order valence-corrected chi connectivity index (χ2v) is 6.04. The maximum absolute atomic E-state index is 12.1. The van der Waals surface area contributed by atoms with Crippen molar-refractivity contribution < 1.29 is 4.79 Å². The van der Waals surface area contributed by atoms with E-state index in [0.717, 1.165) is 6.42 Å². The molecular weight excluding hydrogens is 272 g/mol. The molecule has 0 bridgehead atoms. The molecule has 2 rings (SSSR count). The molecule has 0 aromatic carbocycles. The van der Waals surface area contributed by atoms with Crippen LogP contribution in [-0.4, -0.2) is 16.9 Å². The Bertz CT molecular complexity index is 579. The third-order valence-corrected chi connectivity index (χ3v) is 3.88. The van der Waals surface area contributed by atoms with Crippen molar-refractivity contribution in [1.29, 1.82) is 0 Å². The van der Waals surface area contributed by atoms with E-state index in [1.807, 2.05) is 6.92 Å². The van der Waals surface area contributed by atoms with E-state index in [-0.39, 0.29) is 11.9 Å². The van der Waals surface area contributed by atoms with E-state index in [4.69, 9.17) is 5.84 Å². The highest BCUT2D eigenvalue weighted by atomic mass is 32.1. The number of nitrogens with zero attached hydrogens (tertiary/aromatic N) is 1. The second kappa shape index (κ2) is 6.49. The molecule has 6 heteroatoms. The molecule has 0 aliphatic carbocycles. The number of nitrogens with one attached hydrogen (secondary N) is 2. The van der Waals surface area contributed by atoms with Gasteiger partial charge in [0.15, 0.2) is 0 Å². The zero-order valence-electron chi connectivity index (χ0n) is 11.5. The smallest absolute Gasteiger partial charge is 0.253 e. The summed E-state index contributed by atoms with van der Waals surface area (Å²) < 4.78 is 0. The Morgan fingerprint density at radius 1 is 1.40 bits per heavy atom. The van der Waals surface area contributed by atoms with E-state index < -0.39 is 0 Å². The summed E-state index contributed by atoms with van der Waals surface area (Å²) in [5.74, 6) is 5.64. The number of hydrazine groups is 1. The third-order valence-electron chi connectivity index (χ3n) is 2.85. The number of aryl methyl sites for hydroxylation is 1. The van der Waals surface area contributed by atoms with Crippen LogP contribution in [-0.2, 0) is 6.42 Å². The minimum atomic E-state index is -0.123. The van der Waals surface area contributed by atoms with Crippen LogP contribution in [0.25, 0.3) is 0 Å². The summed E-state index contributed by atoms with van der Waals surface area (Å²) in [6.45, 7) is 4.08. The maximum atomic E-state index is 12.1. The van der Waals surface area contributed by atoms with Crippen molar-refractivity contribution in [3.05, 3.63) is 45.8 Å². The number of thiophene rings is 1. The number of hydrogen-bond donors (Lipinski definition) is 3. The monoisotopic (exact) mass is 290 g/mol. The van der Waals surface area contributed by atoms with Gasteiger partial charge in [-0.05, 0) is 38.1 Å². The summed E-state index contributed by atoms with van der Waals surface area (Å²) in [5.41, 5.74) is 2.95. The van der Waals surface area contributed by atoms with Gasteiger partial charge in [-0.2, -0.15) is 0 Å². The minimum absolute atomic E-state index is 0.0767. The van der Waals surface area contributed by atoms with Crippen molar-refractivity contribution in [1.82, 2.24) is 10.3 Å². The second-order valence-electron chi connectivity index (χ2n) is 4.67. The normalized spacial score (nSPS) is 11.9. The molecule has 0 saturated carbocycles. The van der Waals surface area contributed by atoms with Gasteiger partial charge in [0.05, 0.1) is 5.56 Å². The maximum Gasteiger partial charge on any atom is 0.253 e. The number of hydrogen-bond acceptors (Lipinski definition) is 5. The van der Waals surface area contributed by atoms with E-state index in [2.05, 4.69) is 34.8 Å². The lowest BCUT2D eigenvalue weighted by atomic mass is 10.2. The molecule has 1 atom stereocenters. The first-order valence-electron chi connectivity index (χ1n) is 6.37. The van der Waals surface area contributed by atoms with Crippen LogP contribution in [0.3, 0.4) is 0 Å². The van der Waals surface area contributed by atoms with Crippen molar-refractivity contribution in [3.8, 4) is 0 Å². The van der Waals surface area contributed by atoms with Crippen LogP contribution < -0.4 is 16.6 Å². The van der Waals surface area contributed by atoms with Gasteiger partial charge >= 0.3 is 0 Å². The number of nitrogens with two attached hydrogens (primary N) is 1. The molecule has 0 aliphatic heterocycles. The number of aromatic nitrogens is 1. The van der Waals surface area contributed by atoms with E-state index in [9.17, 15) is 4.79 Å². The first-order valence-corrected chi connectivity index (χ1v) is 7.19. The quantitative estimate of drug-likeness (QED) is 0.582. The Morgan fingerprint density at radius 2 is 2.20 bits per heavy atom. The minimum Gasteiger partial charge on any atom is -0.349 e. The number of carbonyl (C=O) groups is 1. The van der Waals surface area contributed by atoms with E-state index in [1.165, 1.54) is 16.0 Å². The first kappa shape index (κ1) is 14.5. The van der Waals surface area contributed by atoms with Gasteiger partial charge in [0.2, 0.25) is 0 Å². The van der Waals surface area contributed by atoms with Crippen molar-refractivity contribution in [2.45, 2.75) is 26.3 Å². The molecule has 2 heterocycles. The zero-order chi connectivity index (χ0) is 14.5. The molecular formula is C14H18N4OS. The van der Waals surface area contributed by atoms with Crippen LogP contribution in [0, 0.1) is 6.92 Å². The average Bonchev–Trinajstić information content (AvgIpc) is 2.84. The summed E-state index contributed by atoms with van der Waals surface area (Å²) in [5, 5.41) is 2.97. The summed E-state index contributed by atoms with van der Waals surface area (Å²) in [6.07, 6.45) is 2.34. The van der Waals surface area contributed by atoms with Crippen molar-refractivity contribution >= 4 is 23.1 Å². The van der Waals surface area contributed by atoms with Crippen molar-refractivity contribution in [2.75, 3.05) is 5.43 Å². The van der Waals surface area contributed by atoms with Gasteiger partial charge in [0, 0.05) is 28.4 Å². The largest absolute Gasteiger partial charge is 0.349 e. The molecule has 4 N–H and O–H groups in total. The lowest BCUT2D eigenvalue weighted by molar-refractivity contribution is 0.0940. The van der Waals surface area contributed by atoms with Crippen LogP contribution in [0.2, 0.25) is 0 Å². The SMILES string of the molecule is Cc1ccc(CC(C)NC(=O)c2ccc(NN)nc2)s1. The van der Waals surface area contributed by atoms with E-state index in [0.29, 0.717) is 11.4 Å². The average molecular weight is 290 g/mol. The van der Waals surface area contributed by atoms with Gasteiger partial charge in [-0.15, -0.1) is 11.3 Å². The van der Waals surface area contributed by atoms with Crippen molar-refractivity contribution in [2.24, 2.45) is 5.84 Å². The highest BCUT2D eigenvalue weighted by Gasteiger charge is 2.11. The van der Waals surface area contributed by atoms with Gasteiger partial charge < -0.3 is 10.7 Å². The summed E-state index contributed by atoms with van der Waals surface area (Å²) in [4.78, 5) is 18.6. The molecule has 0 saturated heterocycles. The zero-order valence-corrected chi connectivity index (χ0v) is 12.3. The lowest BCUT2D eigenvalue weighted by Crippen LogP contribution is -2.34. The van der Waals surface area contributed by atoms with Gasteiger partial charge in [-0.1, -0.05) is 0 Å². The fraction of sp³-hybridized carbons (Fsp3) is 0.286. The van der Waals surface area contributed by atoms with Crippen LogP contribution >= 0.6 is 11.3 Å². The molecule has 2 aromatic heterocycles. The molecule has 2 aromatic rings. The number of carbonyl (C=O) groups excluding carboxylic acids is 1. The Morgan fingerprint density at radius 3 is 2.75 bits per heavy atom. The molecule has 20 heavy (non-hydrogen) atoms. The number of rotatable bonds is 5. The molecule has 0 radical (unpaired) electrons. The lowest BCUT2D eigenvalue weighted by Gasteiger charge is -2.13. The van der Waals surface area contributed by atoms with Crippen molar-refractivity contribution in [3.63, 3.8) is 0 Å². The highest BCUT2D eigenvalue weighted by molar-refractivity contribution is 7.11. The fourth-order valence-corrected chi connectivity index (χ4v) is 2.89. The summed E-state index contributed by atoms with van der Waals surface area (Å²) in [6, 6.07) is 7.64. The number of amides is 1. The Hall–Kier alpha value is -1.92. The standard InChI is InChI=1S/C14H18N4OS/c1-9(7-12-5-3-10(2)20-12)17-14(19)11-4-6-13(18-15)16-8-11/h3-6,8-9H,7,15H2,1-2H3,(H,16,18)(H,17,19). The number of pyridine rings is 1. The van der Waals surface area contributed by atoms with Gasteiger partial charge in [-0.3, -0.25) is 4.79 Å². The number of nitrogen functional groups attached to an aromatic ring is 1. The Labute approximate surface area is 122 Å². The topological polar surface area (TPSA) is 80.0 Å². The Balaban J connectivity index is 1.92. The molecule has 1 amide bonds. The van der Waals surface area contributed by atoms with Crippen LogP contribution in [0.1, 0.15) is 27.0 Å². The van der Waals surface area contributed by atoms with Crippen LogP contribution in [0.5, 0.6) is 0 Å². The predicted octanol–water partition coefficient (Wildman–Crippen LogP) is 2.10. The number of anilines is 1. The summed E-state index contributed by atoms with van der Waals surface area (Å²) >= 11 is 1.76. The highest BCUT2D eigenvalue weighted by Crippen LogP contribution is 2.16. The first-order chi connectivity index (χ1) is 9.58. The molecule has 1 unspecified atom stereocenters. The van der Waals surface area contributed by atoms with Gasteiger partial charge in [-0.25, -0.2) is 10.8 Å². The predicted molar refractivity (Wildman–Crippen MR) is 81.7 cm³/mol. The van der Waals surface area contributed by atoms with Gasteiger partial charge in [0.1, 0.15) is 5.82 Å². The van der Waals surface area contributed by atoms with Crippen LogP contribution in [0.15, 0.2) is 30.5 Å². The molecule has 106 valence electrons. The Kier molecular flexibility index (Phi) is 4.70.